The number of nitrogens with zero attached hydrogens (tertiary/aromatic N) is 1. The number of hydrogen-bond donors (Lipinski definition) is 1. The van der Waals surface area contributed by atoms with E-state index in [1.54, 1.807) is 0 Å². The summed E-state index contributed by atoms with van der Waals surface area (Å²) in [5, 5.41) is 12.1. The molecule has 0 atom stereocenters. The van der Waals surface area contributed by atoms with Crippen molar-refractivity contribution < 1.29 is 23.2 Å². The average Bonchev–Trinajstić information content (AvgIpc) is 2.75. The van der Waals surface area contributed by atoms with Gasteiger partial charge in [-0.05, 0) is 12.1 Å². The highest BCUT2D eigenvalue weighted by Gasteiger charge is 2.12. The monoisotopic (exact) mass is 253 g/mol. The van der Waals surface area contributed by atoms with Gasteiger partial charge in [-0.1, -0.05) is 5.16 Å². The fraction of sp³-hybridized carbons (Fsp3) is 0.167. The van der Waals surface area contributed by atoms with Crippen LogP contribution in [-0.4, -0.2) is 16.2 Å². The molecule has 6 heteroatoms. The molecule has 1 aromatic carbocycles. The lowest BCUT2D eigenvalue weighted by Gasteiger charge is -1.97. The zero-order valence-corrected chi connectivity index (χ0v) is 9.19. The Balaban J connectivity index is 2.21. The molecule has 0 saturated heterocycles. The molecule has 2 rings (SSSR count). The van der Waals surface area contributed by atoms with Gasteiger partial charge in [-0.3, -0.25) is 4.79 Å². The average molecular weight is 253 g/mol. The number of carbonyl (C=O) groups is 1. The van der Waals surface area contributed by atoms with Crippen LogP contribution in [0.15, 0.2) is 28.8 Å². The van der Waals surface area contributed by atoms with Crippen LogP contribution in [0.3, 0.4) is 0 Å². The van der Waals surface area contributed by atoms with Crippen molar-refractivity contribution in [2.24, 2.45) is 0 Å². The lowest BCUT2D eigenvalue weighted by Crippen LogP contribution is -1.97. The summed E-state index contributed by atoms with van der Waals surface area (Å²) in [5.41, 5.74) is 0.501. The molecule has 0 amide bonds. The first-order valence-electron chi connectivity index (χ1n) is 5.19. The summed E-state index contributed by atoms with van der Waals surface area (Å²) < 4.78 is 31.1. The molecule has 0 bridgehead atoms. The maximum Gasteiger partial charge on any atom is 0.303 e. The number of hydrogen-bond acceptors (Lipinski definition) is 3. The lowest BCUT2D eigenvalue weighted by atomic mass is 10.1. The summed E-state index contributed by atoms with van der Waals surface area (Å²) >= 11 is 0. The maximum absolute atomic E-state index is 13.4. The number of carboxylic acid groups (broad SMARTS) is 1. The second kappa shape index (κ2) is 4.95. The van der Waals surface area contributed by atoms with E-state index in [1.807, 2.05) is 0 Å². The van der Waals surface area contributed by atoms with E-state index in [-0.39, 0.29) is 24.2 Å². The SMILES string of the molecule is O=C(O)CCc1cc(-c2ccc(F)cc2F)on1. The summed E-state index contributed by atoms with van der Waals surface area (Å²) in [5.74, 6) is -2.24. The molecular weight excluding hydrogens is 244 g/mol. The highest BCUT2D eigenvalue weighted by Crippen LogP contribution is 2.24. The molecule has 0 saturated carbocycles. The van der Waals surface area contributed by atoms with Crippen LogP contribution in [0.25, 0.3) is 11.3 Å². The van der Waals surface area contributed by atoms with Crippen LogP contribution in [0.5, 0.6) is 0 Å². The number of benzene rings is 1. The van der Waals surface area contributed by atoms with E-state index in [1.165, 1.54) is 12.1 Å². The molecule has 1 aromatic heterocycles. The molecule has 0 fully saturated rings. The van der Waals surface area contributed by atoms with Crippen LogP contribution in [0.2, 0.25) is 0 Å². The zero-order chi connectivity index (χ0) is 13.1. The van der Waals surface area contributed by atoms with Gasteiger partial charge >= 0.3 is 5.97 Å². The fourth-order valence-corrected chi connectivity index (χ4v) is 1.48. The largest absolute Gasteiger partial charge is 0.481 e. The molecule has 0 aliphatic carbocycles. The lowest BCUT2D eigenvalue weighted by molar-refractivity contribution is -0.136. The van der Waals surface area contributed by atoms with Gasteiger partial charge in [0.1, 0.15) is 11.6 Å². The molecule has 0 spiro atoms. The summed E-state index contributed by atoms with van der Waals surface area (Å²) in [4.78, 5) is 10.4. The predicted octanol–water partition coefficient (Wildman–Crippen LogP) is 2.64. The van der Waals surface area contributed by atoms with Crippen LogP contribution in [-0.2, 0) is 11.2 Å². The van der Waals surface area contributed by atoms with Crippen LogP contribution >= 0.6 is 0 Å². The molecule has 18 heavy (non-hydrogen) atoms. The van der Waals surface area contributed by atoms with E-state index in [2.05, 4.69) is 5.16 Å². The van der Waals surface area contributed by atoms with E-state index in [9.17, 15) is 13.6 Å². The van der Waals surface area contributed by atoms with Crippen molar-refractivity contribution in [3.63, 3.8) is 0 Å². The van der Waals surface area contributed by atoms with E-state index >= 15 is 0 Å². The third-order valence-corrected chi connectivity index (χ3v) is 2.35. The Hall–Kier alpha value is -2.24. The number of aryl methyl sites for hydroxylation is 1. The zero-order valence-electron chi connectivity index (χ0n) is 9.19. The number of rotatable bonds is 4. The van der Waals surface area contributed by atoms with Crippen molar-refractivity contribution in [2.45, 2.75) is 12.8 Å². The number of carboxylic acids is 1. The van der Waals surface area contributed by atoms with Crippen LogP contribution in [0, 0.1) is 11.6 Å². The third kappa shape index (κ3) is 2.71. The topological polar surface area (TPSA) is 63.3 Å². The molecule has 0 aliphatic rings. The molecule has 4 nitrogen and oxygen atoms in total. The Morgan fingerprint density at radius 1 is 1.33 bits per heavy atom. The van der Waals surface area contributed by atoms with E-state index in [0.29, 0.717) is 5.69 Å². The molecular formula is C12H9F2NO3. The minimum Gasteiger partial charge on any atom is -0.481 e. The molecule has 94 valence electrons. The van der Waals surface area contributed by atoms with Gasteiger partial charge in [0.25, 0.3) is 0 Å². The summed E-state index contributed by atoms with van der Waals surface area (Å²) in [6, 6.07) is 4.54. The van der Waals surface area contributed by atoms with Gasteiger partial charge in [0.2, 0.25) is 0 Å². The summed E-state index contributed by atoms with van der Waals surface area (Å²) in [6.07, 6.45) is 0.111. The van der Waals surface area contributed by atoms with Gasteiger partial charge in [-0.15, -0.1) is 0 Å². The van der Waals surface area contributed by atoms with E-state index in [4.69, 9.17) is 9.63 Å². The molecule has 0 unspecified atom stereocenters. The van der Waals surface area contributed by atoms with Crippen molar-refractivity contribution in [1.82, 2.24) is 5.16 Å². The number of aromatic nitrogens is 1. The quantitative estimate of drug-likeness (QED) is 0.909. The third-order valence-electron chi connectivity index (χ3n) is 2.35. The number of halogens is 2. The minimum absolute atomic E-state index is 0.0854. The van der Waals surface area contributed by atoms with Gasteiger partial charge in [0.15, 0.2) is 5.76 Å². The minimum atomic E-state index is -0.951. The molecule has 2 aromatic rings. The highest BCUT2D eigenvalue weighted by atomic mass is 19.1. The Bertz CT molecular complexity index is 580. The second-order valence-corrected chi connectivity index (χ2v) is 3.70. The number of aliphatic carboxylic acids is 1. The van der Waals surface area contributed by atoms with Gasteiger partial charge in [0, 0.05) is 18.6 Å². The molecule has 0 radical (unpaired) electrons. The smallest absolute Gasteiger partial charge is 0.303 e. The Kier molecular flexibility index (Phi) is 3.36. The van der Waals surface area contributed by atoms with E-state index in [0.717, 1.165) is 12.1 Å². The molecule has 1 N–H and O–H groups in total. The Morgan fingerprint density at radius 3 is 2.78 bits per heavy atom. The van der Waals surface area contributed by atoms with Crippen LogP contribution in [0.1, 0.15) is 12.1 Å². The second-order valence-electron chi connectivity index (χ2n) is 3.70. The van der Waals surface area contributed by atoms with Crippen molar-refractivity contribution in [1.29, 1.82) is 0 Å². The van der Waals surface area contributed by atoms with Crippen molar-refractivity contribution >= 4 is 5.97 Å². The summed E-state index contributed by atoms with van der Waals surface area (Å²) in [6.45, 7) is 0. The highest BCUT2D eigenvalue weighted by molar-refractivity contribution is 5.67. The van der Waals surface area contributed by atoms with Crippen LogP contribution < -0.4 is 0 Å². The Labute approximate surface area is 101 Å². The first-order valence-corrected chi connectivity index (χ1v) is 5.19. The van der Waals surface area contributed by atoms with Gasteiger partial charge < -0.3 is 9.63 Å². The molecule has 0 aliphatic heterocycles. The van der Waals surface area contributed by atoms with Crippen molar-refractivity contribution in [3.8, 4) is 11.3 Å². The van der Waals surface area contributed by atoms with Gasteiger partial charge in [0.05, 0.1) is 17.7 Å². The summed E-state index contributed by atoms with van der Waals surface area (Å²) in [7, 11) is 0. The van der Waals surface area contributed by atoms with E-state index < -0.39 is 17.6 Å². The normalized spacial score (nSPS) is 10.6. The van der Waals surface area contributed by atoms with Gasteiger partial charge in [-0.25, -0.2) is 8.78 Å². The standard InChI is InChI=1S/C12H9F2NO3/c13-7-1-3-9(10(14)5-7)11-6-8(15-18-11)2-4-12(16)17/h1,3,5-6H,2,4H2,(H,16,17). The Morgan fingerprint density at radius 2 is 2.11 bits per heavy atom. The maximum atomic E-state index is 13.4. The van der Waals surface area contributed by atoms with Crippen LogP contribution in [0.4, 0.5) is 8.78 Å². The molecule has 1 heterocycles. The fourth-order valence-electron chi connectivity index (χ4n) is 1.48. The predicted molar refractivity (Wildman–Crippen MR) is 57.8 cm³/mol. The first kappa shape index (κ1) is 12.2. The van der Waals surface area contributed by atoms with Gasteiger partial charge in [-0.2, -0.15) is 0 Å². The van der Waals surface area contributed by atoms with Crippen molar-refractivity contribution in [2.75, 3.05) is 0 Å². The van der Waals surface area contributed by atoms with Crippen molar-refractivity contribution in [3.05, 3.63) is 41.6 Å². The first-order chi connectivity index (χ1) is 8.56.